The largest absolute Gasteiger partial charge is 0.338 e. The normalized spacial score (nSPS) is 10.2. The molecule has 0 aliphatic heterocycles. The minimum absolute atomic E-state index is 0.0113. The molecule has 0 N–H and O–H groups in total. The van der Waals surface area contributed by atoms with Gasteiger partial charge >= 0.3 is 0 Å². The van der Waals surface area contributed by atoms with Gasteiger partial charge in [-0.2, -0.15) is 0 Å². The number of carbonyl (C=O) groups is 1. The van der Waals surface area contributed by atoms with Gasteiger partial charge < -0.3 is 4.90 Å². The molecule has 3 nitrogen and oxygen atoms in total. The monoisotopic (exact) mass is 254 g/mol. The fraction of sp³-hybridized carbons (Fsp3) is 0.250. The molecule has 98 valence electrons. The van der Waals surface area contributed by atoms with Crippen LogP contribution in [0.1, 0.15) is 24.3 Å². The van der Waals surface area contributed by atoms with E-state index >= 15 is 0 Å². The average Bonchev–Trinajstić information content (AvgIpc) is 2.49. The molecule has 0 aliphatic rings. The summed E-state index contributed by atoms with van der Waals surface area (Å²) in [6.45, 7) is 5.35. The zero-order valence-corrected chi connectivity index (χ0v) is 11.3. The van der Waals surface area contributed by atoms with E-state index in [-0.39, 0.29) is 5.91 Å². The van der Waals surface area contributed by atoms with Crippen LogP contribution in [-0.2, 0) is 0 Å². The van der Waals surface area contributed by atoms with Crippen molar-refractivity contribution in [3.63, 3.8) is 0 Å². The number of aromatic nitrogens is 1. The Bertz CT molecular complexity index is 548. The maximum atomic E-state index is 12.3. The lowest BCUT2D eigenvalue weighted by atomic mass is 10.1. The standard InChI is InChI=1S/C16H18N2O/c1-3-18(4-2)16(19)15-12-8-11-14(17-15)13-9-6-5-7-10-13/h5-12H,3-4H2,1-2H3. The molecule has 2 aromatic rings. The van der Waals surface area contributed by atoms with Gasteiger partial charge in [-0.3, -0.25) is 4.79 Å². The highest BCUT2D eigenvalue weighted by atomic mass is 16.2. The third-order valence-electron chi connectivity index (χ3n) is 3.09. The van der Waals surface area contributed by atoms with Crippen LogP contribution in [0, 0.1) is 0 Å². The third kappa shape index (κ3) is 2.99. The summed E-state index contributed by atoms with van der Waals surface area (Å²) in [6, 6.07) is 15.5. The van der Waals surface area contributed by atoms with Crippen molar-refractivity contribution in [1.29, 1.82) is 0 Å². The molecule has 3 heteroatoms. The number of pyridine rings is 1. The second-order valence-corrected chi connectivity index (χ2v) is 4.25. The maximum absolute atomic E-state index is 12.3. The molecular weight excluding hydrogens is 236 g/mol. The molecule has 0 fully saturated rings. The number of nitrogens with zero attached hydrogens (tertiary/aromatic N) is 2. The Morgan fingerprint density at radius 3 is 2.32 bits per heavy atom. The molecule has 1 heterocycles. The number of hydrogen-bond donors (Lipinski definition) is 0. The highest BCUT2D eigenvalue weighted by Gasteiger charge is 2.14. The minimum Gasteiger partial charge on any atom is -0.338 e. The van der Waals surface area contributed by atoms with Gasteiger partial charge in [-0.05, 0) is 26.0 Å². The van der Waals surface area contributed by atoms with E-state index in [1.54, 1.807) is 11.0 Å². The van der Waals surface area contributed by atoms with Crippen molar-refractivity contribution >= 4 is 5.91 Å². The number of hydrogen-bond acceptors (Lipinski definition) is 2. The summed E-state index contributed by atoms with van der Waals surface area (Å²) < 4.78 is 0. The Kier molecular flexibility index (Phi) is 4.29. The van der Waals surface area contributed by atoms with E-state index in [2.05, 4.69) is 4.98 Å². The Labute approximate surface area is 113 Å². The van der Waals surface area contributed by atoms with Crippen molar-refractivity contribution in [3.05, 3.63) is 54.2 Å². The first-order valence-electron chi connectivity index (χ1n) is 6.58. The lowest BCUT2D eigenvalue weighted by Gasteiger charge is -2.18. The molecule has 0 bridgehead atoms. The van der Waals surface area contributed by atoms with Crippen molar-refractivity contribution < 1.29 is 4.79 Å². The van der Waals surface area contributed by atoms with Gasteiger partial charge in [-0.15, -0.1) is 0 Å². The average molecular weight is 254 g/mol. The molecule has 19 heavy (non-hydrogen) atoms. The van der Waals surface area contributed by atoms with Crippen LogP contribution in [0.2, 0.25) is 0 Å². The second-order valence-electron chi connectivity index (χ2n) is 4.25. The van der Waals surface area contributed by atoms with E-state index in [1.807, 2.05) is 56.3 Å². The van der Waals surface area contributed by atoms with Gasteiger partial charge in [-0.25, -0.2) is 4.98 Å². The first kappa shape index (κ1) is 13.3. The maximum Gasteiger partial charge on any atom is 0.272 e. The predicted octanol–water partition coefficient (Wildman–Crippen LogP) is 3.23. The summed E-state index contributed by atoms with van der Waals surface area (Å²) >= 11 is 0. The SMILES string of the molecule is CCN(CC)C(=O)c1cccc(-c2ccccc2)n1. The number of carbonyl (C=O) groups excluding carboxylic acids is 1. The third-order valence-corrected chi connectivity index (χ3v) is 3.09. The summed E-state index contributed by atoms with van der Waals surface area (Å²) in [5.41, 5.74) is 2.36. The number of rotatable bonds is 4. The van der Waals surface area contributed by atoms with Crippen LogP contribution in [-0.4, -0.2) is 28.9 Å². The van der Waals surface area contributed by atoms with Crippen molar-refractivity contribution in [2.24, 2.45) is 0 Å². The number of benzene rings is 1. The molecule has 0 saturated carbocycles. The molecule has 0 spiro atoms. The van der Waals surface area contributed by atoms with Gasteiger partial charge in [0, 0.05) is 18.7 Å². The first-order chi connectivity index (χ1) is 9.26. The Morgan fingerprint density at radius 1 is 1.00 bits per heavy atom. The van der Waals surface area contributed by atoms with Crippen LogP contribution in [0.5, 0.6) is 0 Å². The summed E-state index contributed by atoms with van der Waals surface area (Å²) in [4.78, 5) is 18.5. The van der Waals surface area contributed by atoms with Crippen LogP contribution >= 0.6 is 0 Å². The van der Waals surface area contributed by atoms with Crippen molar-refractivity contribution in [1.82, 2.24) is 9.88 Å². The number of amides is 1. The lowest BCUT2D eigenvalue weighted by Crippen LogP contribution is -2.31. The fourth-order valence-corrected chi connectivity index (χ4v) is 2.00. The molecule has 0 atom stereocenters. The van der Waals surface area contributed by atoms with E-state index in [1.165, 1.54) is 0 Å². The molecule has 1 aromatic carbocycles. The van der Waals surface area contributed by atoms with Crippen LogP contribution in [0.3, 0.4) is 0 Å². The molecule has 1 aromatic heterocycles. The molecular formula is C16H18N2O. The van der Waals surface area contributed by atoms with E-state index in [4.69, 9.17) is 0 Å². The smallest absolute Gasteiger partial charge is 0.272 e. The zero-order chi connectivity index (χ0) is 13.7. The summed E-state index contributed by atoms with van der Waals surface area (Å²) in [5.74, 6) is -0.0113. The molecule has 0 unspecified atom stereocenters. The molecule has 0 radical (unpaired) electrons. The van der Waals surface area contributed by atoms with Gasteiger partial charge in [-0.1, -0.05) is 36.4 Å². The molecule has 0 saturated heterocycles. The first-order valence-corrected chi connectivity index (χ1v) is 6.58. The highest BCUT2D eigenvalue weighted by Crippen LogP contribution is 2.17. The molecule has 2 rings (SSSR count). The van der Waals surface area contributed by atoms with Crippen LogP contribution in [0.15, 0.2) is 48.5 Å². The topological polar surface area (TPSA) is 33.2 Å². The summed E-state index contributed by atoms with van der Waals surface area (Å²) in [5, 5.41) is 0. The zero-order valence-electron chi connectivity index (χ0n) is 11.3. The molecule has 1 amide bonds. The van der Waals surface area contributed by atoms with E-state index in [0.717, 1.165) is 11.3 Å². The summed E-state index contributed by atoms with van der Waals surface area (Å²) in [7, 11) is 0. The Hall–Kier alpha value is -2.16. The highest BCUT2D eigenvalue weighted by molar-refractivity contribution is 5.92. The van der Waals surface area contributed by atoms with Crippen molar-refractivity contribution in [2.45, 2.75) is 13.8 Å². The van der Waals surface area contributed by atoms with Crippen molar-refractivity contribution in [2.75, 3.05) is 13.1 Å². The quantitative estimate of drug-likeness (QED) is 0.839. The van der Waals surface area contributed by atoms with Gasteiger partial charge in [0.05, 0.1) is 5.69 Å². The van der Waals surface area contributed by atoms with E-state index < -0.39 is 0 Å². The van der Waals surface area contributed by atoms with Gasteiger partial charge in [0.1, 0.15) is 5.69 Å². The van der Waals surface area contributed by atoms with E-state index in [9.17, 15) is 4.79 Å². The van der Waals surface area contributed by atoms with Crippen LogP contribution in [0.25, 0.3) is 11.3 Å². The van der Waals surface area contributed by atoms with Crippen molar-refractivity contribution in [3.8, 4) is 11.3 Å². The van der Waals surface area contributed by atoms with Gasteiger partial charge in [0.15, 0.2) is 0 Å². The van der Waals surface area contributed by atoms with Crippen LogP contribution in [0.4, 0.5) is 0 Å². The molecule has 0 aliphatic carbocycles. The van der Waals surface area contributed by atoms with Crippen LogP contribution < -0.4 is 0 Å². The van der Waals surface area contributed by atoms with E-state index in [0.29, 0.717) is 18.8 Å². The Balaban J connectivity index is 2.32. The predicted molar refractivity (Wildman–Crippen MR) is 76.9 cm³/mol. The second kappa shape index (κ2) is 6.14. The van der Waals surface area contributed by atoms with Gasteiger partial charge in [0.25, 0.3) is 5.91 Å². The van der Waals surface area contributed by atoms with Gasteiger partial charge in [0.2, 0.25) is 0 Å². The minimum atomic E-state index is -0.0113. The Morgan fingerprint density at radius 2 is 1.68 bits per heavy atom. The lowest BCUT2D eigenvalue weighted by molar-refractivity contribution is 0.0767. The fourth-order valence-electron chi connectivity index (χ4n) is 2.00. The summed E-state index contributed by atoms with van der Waals surface area (Å²) in [6.07, 6.45) is 0.